The highest BCUT2D eigenvalue weighted by Crippen LogP contribution is 2.30. The third-order valence-corrected chi connectivity index (χ3v) is 4.35. The van der Waals surface area contributed by atoms with E-state index in [1.165, 1.54) is 15.3 Å². The Bertz CT molecular complexity index is 735. The number of anilines is 2. The normalized spacial score (nSPS) is 9.65. The average Bonchev–Trinajstić information content (AvgIpc) is 2.89. The fourth-order valence-electron chi connectivity index (χ4n) is 1.91. The lowest BCUT2D eigenvalue weighted by molar-refractivity contribution is -0.106. The molecule has 0 unspecified atom stereocenters. The SMILES string of the molecule is Cc1cc(-c2ccc(Nc3cccnc3)nc2)sc1C.NC=O. The van der Waals surface area contributed by atoms with Crippen LogP contribution in [-0.2, 0) is 4.79 Å². The second kappa shape index (κ2) is 8.05. The van der Waals surface area contributed by atoms with Crippen LogP contribution in [-0.4, -0.2) is 16.4 Å². The molecule has 0 aromatic carbocycles. The number of pyridine rings is 2. The van der Waals surface area contributed by atoms with Gasteiger partial charge in [0.25, 0.3) is 0 Å². The van der Waals surface area contributed by atoms with E-state index in [-0.39, 0.29) is 6.41 Å². The number of nitrogens with two attached hydrogens (primary N) is 1. The predicted molar refractivity (Wildman–Crippen MR) is 94.8 cm³/mol. The van der Waals surface area contributed by atoms with Crippen molar-refractivity contribution in [2.24, 2.45) is 5.73 Å². The Labute approximate surface area is 139 Å². The van der Waals surface area contributed by atoms with E-state index in [1.54, 1.807) is 23.7 Å². The van der Waals surface area contributed by atoms with Crippen LogP contribution in [0.3, 0.4) is 0 Å². The number of rotatable bonds is 3. The van der Waals surface area contributed by atoms with Crippen LogP contribution in [0.25, 0.3) is 10.4 Å². The summed E-state index contributed by atoms with van der Waals surface area (Å²) in [6.45, 7) is 4.29. The Balaban J connectivity index is 0.000000595. The van der Waals surface area contributed by atoms with Gasteiger partial charge in [0.05, 0.1) is 11.9 Å². The number of nitrogens with one attached hydrogen (secondary N) is 1. The Hall–Kier alpha value is -2.73. The molecule has 0 atom stereocenters. The molecule has 3 N–H and O–H groups in total. The van der Waals surface area contributed by atoms with Gasteiger partial charge in [-0.1, -0.05) is 0 Å². The van der Waals surface area contributed by atoms with Gasteiger partial charge in [0, 0.05) is 27.7 Å². The molecule has 3 heterocycles. The first-order valence-electron chi connectivity index (χ1n) is 7.00. The number of aryl methyl sites for hydroxylation is 2. The zero-order chi connectivity index (χ0) is 16.7. The summed E-state index contributed by atoms with van der Waals surface area (Å²) in [6, 6.07) is 10.2. The third-order valence-electron chi connectivity index (χ3n) is 3.15. The zero-order valence-corrected chi connectivity index (χ0v) is 13.8. The number of nitrogens with zero attached hydrogens (tertiary/aromatic N) is 2. The molecule has 0 bridgehead atoms. The lowest BCUT2D eigenvalue weighted by Crippen LogP contribution is -1.93. The number of carbonyl (C=O) groups excluding carboxylic acids is 1. The third kappa shape index (κ3) is 4.62. The van der Waals surface area contributed by atoms with Crippen molar-refractivity contribution in [1.29, 1.82) is 0 Å². The summed E-state index contributed by atoms with van der Waals surface area (Å²) < 4.78 is 0. The maximum absolute atomic E-state index is 8.58. The van der Waals surface area contributed by atoms with Gasteiger partial charge in [-0.05, 0) is 49.7 Å². The summed E-state index contributed by atoms with van der Waals surface area (Å²) >= 11 is 1.81. The molecular weight excluding hydrogens is 308 g/mol. The minimum atomic E-state index is 0.250. The van der Waals surface area contributed by atoms with Crippen molar-refractivity contribution in [3.05, 3.63) is 59.4 Å². The summed E-state index contributed by atoms with van der Waals surface area (Å²) in [6.07, 6.45) is 5.69. The van der Waals surface area contributed by atoms with Gasteiger partial charge in [-0.2, -0.15) is 0 Å². The molecule has 23 heavy (non-hydrogen) atoms. The molecule has 1 amide bonds. The van der Waals surface area contributed by atoms with Crippen molar-refractivity contribution in [3.8, 4) is 10.4 Å². The van der Waals surface area contributed by atoms with E-state index < -0.39 is 0 Å². The van der Waals surface area contributed by atoms with E-state index in [4.69, 9.17) is 4.79 Å². The van der Waals surface area contributed by atoms with Crippen molar-refractivity contribution in [2.45, 2.75) is 13.8 Å². The Morgan fingerprint density at radius 2 is 2.00 bits per heavy atom. The van der Waals surface area contributed by atoms with Gasteiger partial charge >= 0.3 is 0 Å². The van der Waals surface area contributed by atoms with Gasteiger partial charge in [0.15, 0.2) is 0 Å². The van der Waals surface area contributed by atoms with Crippen LogP contribution in [0.15, 0.2) is 48.9 Å². The summed E-state index contributed by atoms with van der Waals surface area (Å²) in [5.41, 5.74) is 7.60. The Morgan fingerprint density at radius 3 is 2.52 bits per heavy atom. The van der Waals surface area contributed by atoms with Crippen molar-refractivity contribution < 1.29 is 4.79 Å². The quantitative estimate of drug-likeness (QED) is 0.720. The largest absolute Gasteiger partial charge is 0.372 e. The maximum Gasteiger partial charge on any atom is 0.204 e. The molecular formula is C17H18N4OS. The van der Waals surface area contributed by atoms with Gasteiger partial charge in [-0.15, -0.1) is 11.3 Å². The van der Waals surface area contributed by atoms with E-state index in [9.17, 15) is 0 Å². The minimum absolute atomic E-state index is 0.250. The molecule has 0 aliphatic heterocycles. The van der Waals surface area contributed by atoms with Crippen molar-refractivity contribution in [3.63, 3.8) is 0 Å². The number of primary amides is 1. The van der Waals surface area contributed by atoms with Crippen molar-refractivity contribution in [1.82, 2.24) is 9.97 Å². The van der Waals surface area contributed by atoms with Crippen LogP contribution < -0.4 is 11.1 Å². The van der Waals surface area contributed by atoms with E-state index in [0.717, 1.165) is 17.1 Å². The maximum atomic E-state index is 8.58. The fourth-order valence-corrected chi connectivity index (χ4v) is 2.94. The van der Waals surface area contributed by atoms with Crippen LogP contribution in [0.4, 0.5) is 11.5 Å². The van der Waals surface area contributed by atoms with Crippen LogP contribution >= 0.6 is 11.3 Å². The molecule has 0 saturated heterocycles. The molecule has 0 aliphatic rings. The number of carbonyl (C=O) groups is 1. The van der Waals surface area contributed by atoms with Gasteiger partial charge < -0.3 is 11.1 Å². The van der Waals surface area contributed by atoms with E-state index in [1.807, 2.05) is 24.4 Å². The Kier molecular flexibility index (Phi) is 5.82. The molecule has 3 aromatic heterocycles. The molecule has 0 saturated carbocycles. The highest BCUT2D eigenvalue weighted by molar-refractivity contribution is 7.15. The summed E-state index contributed by atoms with van der Waals surface area (Å²) in [5, 5.41) is 3.23. The molecule has 0 radical (unpaired) electrons. The summed E-state index contributed by atoms with van der Waals surface area (Å²) in [7, 11) is 0. The summed E-state index contributed by atoms with van der Waals surface area (Å²) in [4.78, 5) is 19.7. The molecule has 5 nitrogen and oxygen atoms in total. The molecule has 0 spiro atoms. The van der Waals surface area contributed by atoms with Gasteiger partial charge in [-0.3, -0.25) is 9.78 Å². The number of amides is 1. The van der Waals surface area contributed by atoms with Crippen molar-refractivity contribution in [2.75, 3.05) is 5.32 Å². The molecule has 3 aromatic rings. The van der Waals surface area contributed by atoms with Crippen LogP contribution in [0.2, 0.25) is 0 Å². The van der Waals surface area contributed by atoms with E-state index >= 15 is 0 Å². The smallest absolute Gasteiger partial charge is 0.204 e. The molecule has 0 aliphatic carbocycles. The van der Waals surface area contributed by atoms with E-state index in [2.05, 4.69) is 47.0 Å². The summed E-state index contributed by atoms with van der Waals surface area (Å²) in [5.74, 6) is 0.826. The van der Waals surface area contributed by atoms with Gasteiger partial charge in [0.2, 0.25) is 6.41 Å². The van der Waals surface area contributed by atoms with Crippen LogP contribution in [0, 0.1) is 13.8 Å². The fraction of sp³-hybridized carbons (Fsp3) is 0.118. The average molecular weight is 326 g/mol. The topological polar surface area (TPSA) is 80.9 Å². The molecule has 3 rings (SSSR count). The van der Waals surface area contributed by atoms with Crippen LogP contribution in [0.5, 0.6) is 0 Å². The monoisotopic (exact) mass is 326 g/mol. The number of thiophene rings is 1. The predicted octanol–water partition coefficient (Wildman–Crippen LogP) is 3.67. The van der Waals surface area contributed by atoms with Gasteiger partial charge in [0.1, 0.15) is 5.82 Å². The highest BCUT2D eigenvalue weighted by atomic mass is 32.1. The lowest BCUT2D eigenvalue weighted by Gasteiger charge is -2.05. The minimum Gasteiger partial charge on any atom is -0.372 e. The second-order valence-corrected chi connectivity index (χ2v) is 6.04. The second-order valence-electron chi connectivity index (χ2n) is 4.78. The molecule has 118 valence electrons. The number of hydrogen-bond donors (Lipinski definition) is 2. The molecule has 0 fully saturated rings. The molecule has 6 heteroatoms. The first-order valence-corrected chi connectivity index (χ1v) is 7.81. The Morgan fingerprint density at radius 1 is 1.22 bits per heavy atom. The zero-order valence-electron chi connectivity index (χ0n) is 13.0. The number of hydrogen-bond acceptors (Lipinski definition) is 5. The first kappa shape index (κ1) is 16.6. The van der Waals surface area contributed by atoms with Crippen LogP contribution in [0.1, 0.15) is 10.4 Å². The standard InChI is InChI=1S/C16H15N3S.CH3NO/c1-11-8-15(20-12(11)2)13-5-6-16(18-9-13)19-14-4-3-7-17-10-14;2-1-3/h3-10H,1-2H3,(H,18,19);1H,(H2,2,3). The van der Waals surface area contributed by atoms with E-state index in [0.29, 0.717) is 0 Å². The van der Waals surface area contributed by atoms with Gasteiger partial charge in [-0.25, -0.2) is 4.98 Å². The highest BCUT2D eigenvalue weighted by Gasteiger charge is 2.05. The first-order chi connectivity index (χ1) is 11.1. The lowest BCUT2D eigenvalue weighted by atomic mass is 10.2. The van der Waals surface area contributed by atoms with Crippen molar-refractivity contribution >= 4 is 29.3 Å². The number of aromatic nitrogens is 2.